The minimum Gasteiger partial charge on any atom is -0.493 e. The maximum atomic E-state index is 13.5. The van der Waals surface area contributed by atoms with Crippen LogP contribution in [0.1, 0.15) is 26.0 Å². The van der Waals surface area contributed by atoms with Crippen LogP contribution in [-0.2, 0) is 4.74 Å². The molecule has 1 aliphatic heterocycles. The molecule has 0 saturated heterocycles. The zero-order valence-electron chi connectivity index (χ0n) is 11.9. The Balaban J connectivity index is 2.61. The third-order valence-electron chi connectivity index (χ3n) is 3.28. The van der Waals surface area contributed by atoms with Crippen molar-refractivity contribution in [3.63, 3.8) is 0 Å². The smallest absolute Gasteiger partial charge is 0.417 e. The van der Waals surface area contributed by atoms with Gasteiger partial charge in [-0.1, -0.05) is 18.2 Å². The van der Waals surface area contributed by atoms with E-state index < -0.39 is 11.7 Å². The van der Waals surface area contributed by atoms with Gasteiger partial charge in [-0.15, -0.1) is 0 Å². The highest BCUT2D eigenvalue weighted by atomic mass is 19.4. The van der Waals surface area contributed by atoms with Crippen LogP contribution in [0.2, 0.25) is 0 Å². The lowest BCUT2D eigenvalue weighted by atomic mass is 9.92. The number of pyridine rings is 1. The van der Waals surface area contributed by atoms with Gasteiger partial charge in [0.25, 0.3) is 0 Å². The average Bonchev–Trinajstić information content (AvgIpc) is 2.45. The van der Waals surface area contributed by atoms with E-state index >= 15 is 0 Å². The fourth-order valence-corrected chi connectivity index (χ4v) is 2.26. The van der Waals surface area contributed by atoms with E-state index in [2.05, 4.69) is 4.98 Å². The molecule has 0 radical (unpaired) electrons. The van der Waals surface area contributed by atoms with Gasteiger partial charge < -0.3 is 4.74 Å². The van der Waals surface area contributed by atoms with Gasteiger partial charge in [-0.2, -0.15) is 13.2 Å². The molecule has 0 aromatic carbocycles. The van der Waals surface area contributed by atoms with Gasteiger partial charge in [-0.25, -0.2) is 0 Å². The molecule has 1 aromatic heterocycles. The van der Waals surface area contributed by atoms with Crippen molar-refractivity contribution in [2.24, 2.45) is 0 Å². The van der Waals surface area contributed by atoms with E-state index in [0.29, 0.717) is 11.5 Å². The zero-order chi connectivity index (χ0) is 15.5. The fraction of sp³-hybridized carbons (Fsp3) is 0.312. The molecule has 0 atom stereocenters. The first kappa shape index (κ1) is 15.4. The van der Waals surface area contributed by atoms with Crippen molar-refractivity contribution in [2.75, 3.05) is 6.61 Å². The molecule has 21 heavy (non-hydrogen) atoms. The van der Waals surface area contributed by atoms with Gasteiger partial charge in [0, 0.05) is 17.3 Å². The minimum atomic E-state index is -4.44. The summed E-state index contributed by atoms with van der Waals surface area (Å²) in [7, 11) is 0. The van der Waals surface area contributed by atoms with Gasteiger partial charge in [0.15, 0.2) is 0 Å². The maximum Gasteiger partial charge on any atom is 0.417 e. The van der Waals surface area contributed by atoms with Crippen molar-refractivity contribution >= 4 is 5.57 Å². The summed E-state index contributed by atoms with van der Waals surface area (Å²) in [6.07, 6.45) is 0.647. The number of halogens is 3. The molecule has 1 aliphatic rings. The zero-order valence-corrected chi connectivity index (χ0v) is 11.9. The lowest BCUT2D eigenvalue weighted by Crippen LogP contribution is -2.22. The number of allylic oxidation sites excluding steroid dienone is 5. The van der Waals surface area contributed by atoms with Gasteiger partial charge in [0.2, 0.25) is 0 Å². The second-order valence-corrected chi connectivity index (χ2v) is 4.66. The Hall–Kier alpha value is -2.04. The second kappa shape index (κ2) is 6.16. The average molecular weight is 295 g/mol. The van der Waals surface area contributed by atoms with Gasteiger partial charge in [-0.3, -0.25) is 4.98 Å². The van der Waals surface area contributed by atoms with Crippen LogP contribution in [0.3, 0.4) is 0 Å². The summed E-state index contributed by atoms with van der Waals surface area (Å²) in [5.74, 6) is 0.320. The SMILES string of the molecule is CC=CCC1=C(C)OCC(c2ccccn2)=C1C(F)(F)F. The number of hydrogen-bond donors (Lipinski definition) is 0. The first-order valence-corrected chi connectivity index (χ1v) is 6.61. The summed E-state index contributed by atoms with van der Waals surface area (Å²) in [6.45, 7) is 3.23. The molecular formula is C16H16F3NO. The Morgan fingerprint density at radius 2 is 2.10 bits per heavy atom. The summed E-state index contributed by atoms with van der Waals surface area (Å²) in [4.78, 5) is 4.03. The lowest BCUT2D eigenvalue weighted by molar-refractivity contribution is -0.0903. The highest BCUT2D eigenvalue weighted by Crippen LogP contribution is 2.42. The van der Waals surface area contributed by atoms with Crippen molar-refractivity contribution in [1.82, 2.24) is 4.98 Å². The standard InChI is InChI=1S/C16H16F3NO/c1-3-4-7-12-11(2)21-10-13(15(12)16(17,18)19)14-8-5-6-9-20-14/h3-6,8-9H,7,10H2,1-2H3. The van der Waals surface area contributed by atoms with Crippen LogP contribution in [0.4, 0.5) is 13.2 Å². The van der Waals surface area contributed by atoms with Gasteiger partial charge in [0.05, 0.1) is 17.0 Å². The predicted molar refractivity (Wildman–Crippen MR) is 75.3 cm³/mol. The number of rotatable bonds is 3. The molecule has 0 aliphatic carbocycles. The topological polar surface area (TPSA) is 22.1 Å². The molecule has 0 N–H and O–H groups in total. The van der Waals surface area contributed by atoms with E-state index in [9.17, 15) is 13.2 Å². The predicted octanol–water partition coefficient (Wildman–Crippen LogP) is 4.67. The molecule has 1 aromatic rings. The summed E-state index contributed by atoms with van der Waals surface area (Å²) >= 11 is 0. The first-order valence-electron chi connectivity index (χ1n) is 6.61. The fourth-order valence-electron chi connectivity index (χ4n) is 2.26. The summed E-state index contributed by atoms with van der Waals surface area (Å²) in [5.41, 5.74) is -0.0564. The van der Waals surface area contributed by atoms with Crippen molar-refractivity contribution in [3.8, 4) is 0 Å². The molecule has 2 nitrogen and oxygen atoms in total. The summed E-state index contributed by atoms with van der Waals surface area (Å²) in [5, 5.41) is 0. The van der Waals surface area contributed by atoms with Crippen LogP contribution in [0.5, 0.6) is 0 Å². The Morgan fingerprint density at radius 1 is 1.33 bits per heavy atom. The van der Waals surface area contributed by atoms with E-state index in [-0.39, 0.29) is 24.2 Å². The Morgan fingerprint density at radius 3 is 2.67 bits per heavy atom. The molecule has 0 spiro atoms. The first-order chi connectivity index (χ1) is 9.95. The van der Waals surface area contributed by atoms with Gasteiger partial charge in [0.1, 0.15) is 6.61 Å². The molecular weight excluding hydrogens is 279 g/mol. The summed E-state index contributed by atoms with van der Waals surface area (Å²) in [6, 6.07) is 4.90. The molecule has 112 valence electrons. The second-order valence-electron chi connectivity index (χ2n) is 4.66. The number of ether oxygens (including phenoxy) is 1. The monoisotopic (exact) mass is 295 g/mol. The van der Waals surface area contributed by atoms with E-state index in [4.69, 9.17) is 4.74 Å². The molecule has 2 rings (SSSR count). The third-order valence-corrected chi connectivity index (χ3v) is 3.28. The highest BCUT2D eigenvalue weighted by molar-refractivity contribution is 5.74. The summed E-state index contributed by atoms with van der Waals surface area (Å²) < 4.78 is 46.0. The van der Waals surface area contributed by atoms with Crippen LogP contribution in [0.25, 0.3) is 5.57 Å². The molecule has 0 amide bonds. The normalized spacial score (nSPS) is 16.6. The van der Waals surface area contributed by atoms with Crippen molar-refractivity contribution < 1.29 is 17.9 Å². The molecule has 2 heterocycles. The van der Waals surface area contributed by atoms with Crippen molar-refractivity contribution in [3.05, 3.63) is 59.1 Å². The molecule has 0 saturated carbocycles. The minimum absolute atomic E-state index is 0.0909. The molecule has 0 fully saturated rings. The van der Waals surface area contributed by atoms with Crippen LogP contribution >= 0.6 is 0 Å². The molecule has 0 bridgehead atoms. The number of hydrogen-bond acceptors (Lipinski definition) is 2. The third kappa shape index (κ3) is 3.35. The Labute approximate surface area is 121 Å². The van der Waals surface area contributed by atoms with E-state index in [1.807, 2.05) is 0 Å². The van der Waals surface area contributed by atoms with Crippen LogP contribution in [0, 0.1) is 0 Å². The van der Waals surface area contributed by atoms with Crippen molar-refractivity contribution in [2.45, 2.75) is 26.4 Å². The Kier molecular flexibility index (Phi) is 4.50. The van der Waals surface area contributed by atoms with Gasteiger partial charge >= 0.3 is 6.18 Å². The van der Waals surface area contributed by atoms with E-state index in [1.165, 1.54) is 6.20 Å². The van der Waals surface area contributed by atoms with Crippen LogP contribution < -0.4 is 0 Å². The number of nitrogens with zero attached hydrogens (tertiary/aromatic N) is 1. The molecule has 5 heteroatoms. The maximum absolute atomic E-state index is 13.5. The number of aromatic nitrogens is 1. The highest BCUT2D eigenvalue weighted by Gasteiger charge is 2.41. The number of alkyl halides is 3. The Bertz CT molecular complexity index is 598. The van der Waals surface area contributed by atoms with Gasteiger partial charge in [-0.05, 0) is 32.4 Å². The quantitative estimate of drug-likeness (QED) is 0.756. The molecule has 0 unspecified atom stereocenters. The van der Waals surface area contributed by atoms with E-state index in [0.717, 1.165) is 0 Å². The van der Waals surface area contributed by atoms with Crippen LogP contribution in [-0.4, -0.2) is 17.8 Å². The van der Waals surface area contributed by atoms with Crippen LogP contribution in [0.15, 0.2) is 53.5 Å². The van der Waals surface area contributed by atoms with Crippen molar-refractivity contribution in [1.29, 1.82) is 0 Å². The van der Waals surface area contributed by atoms with E-state index in [1.54, 1.807) is 44.2 Å². The largest absolute Gasteiger partial charge is 0.493 e. The lowest BCUT2D eigenvalue weighted by Gasteiger charge is -2.26.